The molecule has 0 aliphatic heterocycles. The number of aromatic nitrogens is 3. The molecule has 0 fully saturated rings. The molecule has 3 N–H and O–H groups in total. The number of nitrogen functional groups attached to an aromatic ring is 1. The number of anilines is 2. The highest BCUT2D eigenvalue weighted by molar-refractivity contribution is 7.92. The predicted octanol–water partition coefficient (Wildman–Crippen LogP) is 2.02. The lowest BCUT2D eigenvalue weighted by Crippen LogP contribution is -2.11. The minimum Gasteiger partial charge on any atom is -0.368 e. The number of hydrogen-bond acceptors (Lipinski definition) is 6. The van der Waals surface area contributed by atoms with E-state index in [9.17, 15) is 8.42 Å². The molecule has 22 heavy (non-hydrogen) atoms. The molecule has 2 aromatic heterocycles. The third kappa shape index (κ3) is 3.63. The van der Waals surface area contributed by atoms with E-state index in [-0.39, 0.29) is 11.1 Å². The first-order valence-electron chi connectivity index (χ1n) is 6.48. The van der Waals surface area contributed by atoms with Crippen molar-refractivity contribution in [3.05, 3.63) is 28.8 Å². The van der Waals surface area contributed by atoms with E-state index in [1.54, 1.807) is 19.2 Å². The Kier molecular flexibility index (Phi) is 4.52. The lowest BCUT2D eigenvalue weighted by molar-refractivity contribution is 0.606. The SMILES string of the molecule is CCc1nc(N)nc(Cl)c1-c1cnc(C)c(NS(C)(=O)=O)c1. The van der Waals surface area contributed by atoms with Crippen LogP contribution in [0.25, 0.3) is 11.1 Å². The first-order valence-corrected chi connectivity index (χ1v) is 8.75. The van der Waals surface area contributed by atoms with Crippen LogP contribution in [0.4, 0.5) is 11.6 Å². The van der Waals surface area contributed by atoms with Gasteiger partial charge in [0.05, 0.1) is 23.3 Å². The van der Waals surface area contributed by atoms with E-state index in [0.29, 0.717) is 34.6 Å². The molecule has 0 spiro atoms. The molecule has 0 amide bonds. The summed E-state index contributed by atoms with van der Waals surface area (Å²) < 4.78 is 25.3. The van der Waals surface area contributed by atoms with E-state index in [1.165, 1.54) is 0 Å². The van der Waals surface area contributed by atoms with Crippen LogP contribution in [-0.2, 0) is 16.4 Å². The average Bonchev–Trinajstić information content (AvgIpc) is 2.39. The highest BCUT2D eigenvalue weighted by atomic mass is 35.5. The molecule has 2 aromatic rings. The molecule has 0 unspecified atom stereocenters. The van der Waals surface area contributed by atoms with Crippen molar-refractivity contribution in [2.24, 2.45) is 0 Å². The van der Waals surface area contributed by atoms with Crippen molar-refractivity contribution < 1.29 is 8.42 Å². The van der Waals surface area contributed by atoms with Gasteiger partial charge in [0.25, 0.3) is 0 Å². The van der Waals surface area contributed by atoms with E-state index in [0.717, 1.165) is 6.26 Å². The van der Waals surface area contributed by atoms with Gasteiger partial charge in [0.15, 0.2) is 0 Å². The van der Waals surface area contributed by atoms with Gasteiger partial charge in [0.2, 0.25) is 16.0 Å². The largest absolute Gasteiger partial charge is 0.368 e. The van der Waals surface area contributed by atoms with Crippen molar-refractivity contribution in [3.8, 4) is 11.1 Å². The second kappa shape index (κ2) is 6.05. The van der Waals surface area contributed by atoms with Crippen LogP contribution in [-0.4, -0.2) is 29.6 Å². The molecule has 7 nitrogen and oxygen atoms in total. The molecule has 0 aliphatic carbocycles. The van der Waals surface area contributed by atoms with Crippen LogP contribution in [0.15, 0.2) is 12.3 Å². The summed E-state index contributed by atoms with van der Waals surface area (Å²) in [5, 5.41) is 0.209. The molecule has 118 valence electrons. The van der Waals surface area contributed by atoms with Crippen LogP contribution in [0.5, 0.6) is 0 Å². The summed E-state index contributed by atoms with van der Waals surface area (Å²) in [7, 11) is -3.41. The van der Waals surface area contributed by atoms with Crippen LogP contribution >= 0.6 is 11.6 Å². The minimum absolute atomic E-state index is 0.0974. The van der Waals surface area contributed by atoms with Gasteiger partial charge >= 0.3 is 0 Å². The lowest BCUT2D eigenvalue weighted by atomic mass is 10.1. The molecule has 0 radical (unpaired) electrons. The quantitative estimate of drug-likeness (QED) is 0.823. The Balaban J connectivity index is 2.62. The van der Waals surface area contributed by atoms with Gasteiger partial charge in [-0.25, -0.2) is 18.4 Å². The Morgan fingerprint density at radius 3 is 2.64 bits per heavy atom. The van der Waals surface area contributed by atoms with Gasteiger partial charge in [-0.3, -0.25) is 9.71 Å². The summed E-state index contributed by atoms with van der Waals surface area (Å²) >= 11 is 6.18. The highest BCUT2D eigenvalue weighted by Crippen LogP contribution is 2.32. The van der Waals surface area contributed by atoms with Crippen LogP contribution in [0.1, 0.15) is 18.3 Å². The van der Waals surface area contributed by atoms with Crippen LogP contribution in [0.3, 0.4) is 0 Å². The van der Waals surface area contributed by atoms with Crippen LogP contribution in [0, 0.1) is 6.92 Å². The number of halogens is 1. The summed E-state index contributed by atoms with van der Waals surface area (Å²) in [4.78, 5) is 12.3. The third-order valence-electron chi connectivity index (χ3n) is 2.96. The molecule has 2 heterocycles. The number of pyridine rings is 1. The van der Waals surface area contributed by atoms with Gasteiger partial charge in [-0.05, 0) is 19.4 Å². The van der Waals surface area contributed by atoms with Gasteiger partial charge in [0.1, 0.15) is 5.15 Å². The number of nitrogens with one attached hydrogen (secondary N) is 1. The molecular weight excluding hydrogens is 326 g/mol. The average molecular weight is 342 g/mol. The first-order chi connectivity index (χ1) is 10.2. The Labute approximate surface area is 134 Å². The van der Waals surface area contributed by atoms with Gasteiger partial charge in [0, 0.05) is 17.3 Å². The van der Waals surface area contributed by atoms with Crippen molar-refractivity contribution in [2.75, 3.05) is 16.7 Å². The summed E-state index contributed by atoms with van der Waals surface area (Å²) in [6, 6.07) is 1.66. The maximum Gasteiger partial charge on any atom is 0.229 e. The fourth-order valence-electron chi connectivity index (χ4n) is 2.01. The zero-order chi connectivity index (χ0) is 16.5. The lowest BCUT2D eigenvalue weighted by Gasteiger charge is -2.13. The predicted molar refractivity (Wildman–Crippen MR) is 87.3 cm³/mol. The van der Waals surface area contributed by atoms with Gasteiger partial charge in [-0.1, -0.05) is 18.5 Å². The highest BCUT2D eigenvalue weighted by Gasteiger charge is 2.15. The Hall–Kier alpha value is -1.93. The van der Waals surface area contributed by atoms with Crippen molar-refractivity contribution >= 4 is 33.3 Å². The second-order valence-corrected chi connectivity index (χ2v) is 6.89. The number of nitrogens with zero attached hydrogens (tertiary/aromatic N) is 3. The number of aryl methyl sites for hydroxylation is 2. The Morgan fingerprint density at radius 1 is 1.36 bits per heavy atom. The van der Waals surface area contributed by atoms with Crippen LogP contribution in [0.2, 0.25) is 5.15 Å². The topological polar surface area (TPSA) is 111 Å². The van der Waals surface area contributed by atoms with Crippen molar-refractivity contribution in [3.63, 3.8) is 0 Å². The summed E-state index contributed by atoms with van der Waals surface area (Å²) in [5.74, 6) is 0.0974. The summed E-state index contributed by atoms with van der Waals surface area (Å²) in [5.41, 5.74) is 8.44. The zero-order valence-electron chi connectivity index (χ0n) is 12.4. The van der Waals surface area contributed by atoms with Crippen LogP contribution < -0.4 is 10.5 Å². The van der Waals surface area contributed by atoms with E-state index >= 15 is 0 Å². The minimum atomic E-state index is -3.41. The van der Waals surface area contributed by atoms with Gasteiger partial charge in [-0.15, -0.1) is 0 Å². The number of hydrogen-bond donors (Lipinski definition) is 2. The number of sulfonamides is 1. The molecule has 0 atom stereocenters. The van der Waals surface area contributed by atoms with E-state index in [4.69, 9.17) is 17.3 Å². The fraction of sp³-hybridized carbons (Fsp3) is 0.308. The molecule has 0 aliphatic rings. The van der Waals surface area contributed by atoms with Crippen molar-refractivity contribution in [1.29, 1.82) is 0 Å². The van der Waals surface area contributed by atoms with Gasteiger partial charge in [-0.2, -0.15) is 0 Å². The number of rotatable bonds is 4. The first kappa shape index (κ1) is 16.4. The van der Waals surface area contributed by atoms with Crippen molar-refractivity contribution in [1.82, 2.24) is 15.0 Å². The maximum absolute atomic E-state index is 11.4. The Bertz CT molecular complexity index is 823. The molecule has 9 heteroatoms. The molecule has 0 aromatic carbocycles. The monoisotopic (exact) mass is 341 g/mol. The smallest absolute Gasteiger partial charge is 0.229 e. The third-order valence-corrected chi connectivity index (χ3v) is 3.83. The van der Waals surface area contributed by atoms with Gasteiger partial charge < -0.3 is 5.73 Å². The zero-order valence-corrected chi connectivity index (χ0v) is 14.0. The van der Waals surface area contributed by atoms with E-state index in [2.05, 4.69) is 19.7 Å². The Morgan fingerprint density at radius 2 is 2.05 bits per heavy atom. The van der Waals surface area contributed by atoms with E-state index in [1.807, 2.05) is 6.92 Å². The molecule has 0 saturated carbocycles. The normalized spacial score (nSPS) is 11.5. The molecule has 0 bridgehead atoms. The maximum atomic E-state index is 11.4. The summed E-state index contributed by atoms with van der Waals surface area (Å²) in [6.07, 6.45) is 3.28. The number of nitrogens with two attached hydrogens (primary N) is 1. The molecule has 0 saturated heterocycles. The fourth-order valence-corrected chi connectivity index (χ4v) is 2.92. The molecule has 2 rings (SSSR count). The summed E-state index contributed by atoms with van der Waals surface area (Å²) in [6.45, 7) is 3.62. The van der Waals surface area contributed by atoms with E-state index < -0.39 is 10.0 Å². The second-order valence-electron chi connectivity index (χ2n) is 4.78. The van der Waals surface area contributed by atoms with Crippen molar-refractivity contribution in [2.45, 2.75) is 20.3 Å². The standard InChI is InChI=1S/C13H16ClN5O2S/c1-4-9-11(12(14)18-13(15)17-9)8-5-10(7(2)16-6-8)19-22(3,20)21/h5-6,19H,4H2,1-3H3,(H2,15,17,18). The molecular formula is C13H16ClN5O2S.